The maximum absolute atomic E-state index is 12.6. The van der Waals surface area contributed by atoms with Crippen LogP contribution in [0.4, 0.5) is 5.82 Å². The average molecular weight is 495 g/mol. The second-order valence-corrected chi connectivity index (χ2v) is 8.87. The van der Waals surface area contributed by atoms with Gasteiger partial charge in [-0.3, -0.25) is 4.79 Å². The molecule has 0 bridgehead atoms. The number of aliphatic carboxylic acids is 1. The van der Waals surface area contributed by atoms with Gasteiger partial charge in [0.05, 0.1) is 26.8 Å². The molecule has 4 N–H and O–H groups in total. The van der Waals surface area contributed by atoms with E-state index in [9.17, 15) is 14.7 Å². The largest absolute Gasteiger partial charge is 0.480 e. The van der Waals surface area contributed by atoms with E-state index in [1.807, 2.05) is 18.2 Å². The number of nitrogens with one attached hydrogen (secondary N) is 1. The molecule has 0 aliphatic rings. The van der Waals surface area contributed by atoms with E-state index < -0.39 is 17.4 Å². The Morgan fingerprint density at radius 1 is 1.06 bits per heavy atom. The summed E-state index contributed by atoms with van der Waals surface area (Å²) in [6.45, 7) is 1.46. The van der Waals surface area contributed by atoms with Crippen LogP contribution in [-0.2, 0) is 11.2 Å². The summed E-state index contributed by atoms with van der Waals surface area (Å²) in [5.41, 5.74) is 6.92. The Hall–Kier alpha value is -3.68. The molecule has 2 aromatic carbocycles. The van der Waals surface area contributed by atoms with Crippen LogP contribution in [-0.4, -0.2) is 32.5 Å². The number of nitrogens with zero attached hydrogens (tertiary/aromatic N) is 2. The first-order chi connectivity index (χ1) is 16.2. The molecule has 9 heteroatoms. The van der Waals surface area contributed by atoms with Gasteiger partial charge in [0.15, 0.2) is 0 Å². The standard InChI is InChI=1S/C25H20Cl2N4O3/c1-25(24(33)34,31-23(32)16-7-10-21(28)29-13-16)12-14-5-8-19-15(11-14)6-9-20(30-19)22-17(26)3-2-4-18(22)27/h2-11,13H,12H2,1H3,(H2,28,29)(H,31,32)(H,33,34). The van der Waals surface area contributed by atoms with Gasteiger partial charge in [-0.15, -0.1) is 0 Å². The van der Waals surface area contributed by atoms with Crippen LogP contribution in [0.2, 0.25) is 10.0 Å². The summed E-state index contributed by atoms with van der Waals surface area (Å²) in [5, 5.41) is 14.3. The summed E-state index contributed by atoms with van der Waals surface area (Å²) in [4.78, 5) is 33.2. The van der Waals surface area contributed by atoms with Gasteiger partial charge in [-0.05, 0) is 55.0 Å². The lowest BCUT2D eigenvalue weighted by Crippen LogP contribution is -2.53. The van der Waals surface area contributed by atoms with Crippen LogP contribution < -0.4 is 11.1 Å². The first-order valence-electron chi connectivity index (χ1n) is 10.3. The average Bonchev–Trinajstić information content (AvgIpc) is 2.79. The Balaban J connectivity index is 1.61. The number of carboxylic acid groups (broad SMARTS) is 1. The van der Waals surface area contributed by atoms with Crippen LogP contribution in [0.25, 0.3) is 22.2 Å². The highest BCUT2D eigenvalue weighted by atomic mass is 35.5. The number of hydrogen-bond acceptors (Lipinski definition) is 5. The minimum absolute atomic E-state index is 0.0600. The number of pyridine rings is 2. The zero-order valence-electron chi connectivity index (χ0n) is 18.0. The van der Waals surface area contributed by atoms with E-state index in [4.69, 9.17) is 28.9 Å². The molecular weight excluding hydrogens is 475 g/mol. The quantitative estimate of drug-likeness (QED) is 0.347. The first-order valence-corrected chi connectivity index (χ1v) is 11.0. The number of fused-ring (bicyclic) bond motifs is 1. The van der Waals surface area contributed by atoms with Gasteiger partial charge in [0.1, 0.15) is 11.4 Å². The van der Waals surface area contributed by atoms with Crippen LogP contribution in [0.5, 0.6) is 0 Å². The van der Waals surface area contributed by atoms with E-state index in [2.05, 4.69) is 15.3 Å². The topological polar surface area (TPSA) is 118 Å². The van der Waals surface area contributed by atoms with Gasteiger partial charge < -0.3 is 16.2 Å². The molecule has 1 unspecified atom stereocenters. The molecule has 0 saturated heterocycles. The van der Waals surface area contributed by atoms with E-state index in [0.717, 1.165) is 10.9 Å². The molecule has 34 heavy (non-hydrogen) atoms. The predicted molar refractivity (Wildman–Crippen MR) is 133 cm³/mol. The normalized spacial score (nSPS) is 12.8. The number of amides is 1. The van der Waals surface area contributed by atoms with Crippen molar-refractivity contribution in [2.45, 2.75) is 18.9 Å². The van der Waals surface area contributed by atoms with Crippen molar-refractivity contribution in [3.8, 4) is 11.3 Å². The van der Waals surface area contributed by atoms with Crippen molar-refractivity contribution in [3.05, 3.63) is 88.0 Å². The number of rotatable bonds is 6. The van der Waals surface area contributed by atoms with Crippen molar-refractivity contribution in [2.24, 2.45) is 0 Å². The number of hydrogen-bond donors (Lipinski definition) is 3. The molecule has 4 aromatic rings. The fourth-order valence-corrected chi connectivity index (χ4v) is 4.20. The van der Waals surface area contributed by atoms with Crippen LogP contribution >= 0.6 is 23.2 Å². The fraction of sp³-hybridized carbons (Fsp3) is 0.120. The second kappa shape index (κ2) is 9.29. The summed E-state index contributed by atoms with van der Waals surface area (Å²) >= 11 is 12.6. The number of carbonyl (C=O) groups is 2. The summed E-state index contributed by atoms with van der Waals surface area (Å²) in [6, 6.07) is 17.3. The van der Waals surface area contributed by atoms with Gasteiger partial charge in [-0.1, -0.05) is 41.4 Å². The number of carboxylic acids is 1. The molecule has 1 atom stereocenters. The molecule has 2 heterocycles. The molecule has 1 amide bonds. The van der Waals surface area contributed by atoms with Crippen molar-refractivity contribution in [1.82, 2.24) is 15.3 Å². The van der Waals surface area contributed by atoms with Gasteiger partial charge in [0, 0.05) is 23.6 Å². The third kappa shape index (κ3) is 4.81. The van der Waals surface area contributed by atoms with E-state index in [-0.39, 0.29) is 17.8 Å². The summed E-state index contributed by atoms with van der Waals surface area (Å²) in [6.07, 6.45) is 1.36. The van der Waals surface area contributed by atoms with Crippen molar-refractivity contribution in [3.63, 3.8) is 0 Å². The molecule has 0 aliphatic heterocycles. The Morgan fingerprint density at radius 3 is 2.44 bits per heavy atom. The highest BCUT2D eigenvalue weighted by Gasteiger charge is 2.35. The lowest BCUT2D eigenvalue weighted by molar-refractivity contribution is -0.143. The lowest BCUT2D eigenvalue weighted by atomic mass is 9.91. The Kier molecular flexibility index (Phi) is 6.41. The van der Waals surface area contributed by atoms with Crippen molar-refractivity contribution in [2.75, 3.05) is 5.73 Å². The van der Waals surface area contributed by atoms with Crippen molar-refractivity contribution < 1.29 is 14.7 Å². The maximum atomic E-state index is 12.6. The molecule has 0 radical (unpaired) electrons. The number of anilines is 1. The monoisotopic (exact) mass is 494 g/mol. The Labute approximate surface area is 205 Å². The molecule has 172 valence electrons. The van der Waals surface area contributed by atoms with E-state index in [1.165, 1.54) is 25.3 Å². The minimum Gasteiger partial charge on any atom is -0.480 e. The molecule has 0 saturated carbocycles. The van der Waals surface area contributed by atoms with Crippen molar-refractivity contribution in [1.29, 1.82) is 0 Å². The molecule has 4 rings (SSSR count). The smallest absolute Gasteiger partial charge is 0.329 e. The van der Waals surface area contributed by atoms with Gasteiger partial charge in [0.25, 0.3) is 5.91 Å². The third-order valence-electron chi connectivity index (χ3n) is 5.44. The molecule has 7 nitrogen and oxygen atoms in total. The molecule has 2 aromatic heterocycles. The number of nitrogen functional groups attached to an aromatic ring is 1. The highest BCUT2D eigenvalue weighted by molar-refractivity contribution is 6.39. The SMILES string of the molecule is CC(Cc1ccc2nc(-c3c(Cl)cccc3Cl)ccc2c1)(NC(=O)c1ccc(N)nc1)C(=O)O. The van der Waals surface area contributed by atoms with Crippen LogP contribution in [0.15, 0.2) is 66.9 Å². The Bertz CT molecular complexity index is 1390. The zero-order valence-corrected chi connectivity index (χ0v) is 19.6. The number of nitrogens with two attached hydrogens (primary N) is 1. The van der Waals surface area contributed by atoms with E-state index in [0.29, 0.717) is 26.8 Å². The van der Waals surface area contributed by atoms with Gasteiger partial charge in [-0.2, -0.15) is 0 Å². The number of aromatic nitrogens is 2. The maximum Gasteiger partial charge on any atom is 0.329 e. The molecule has 0 spiro atoms. The molecular formula is C25H20Cl2N4O3. The predicted octanol–water partition coefficient (Wildman–Crippen LogP) is 5.00. The second-order valence-electron chi connectivity index (χ2n) is 8.06. The molecule has 0 aliphatic carbocycles. The number of carbonyl (C=O) groups excluding carboxylic acids is 1. The van der Waals surface area contributed by atoms with Crippen LogP contribution in [0, 0.1) is 0 Å². The third-order valence-corrected chi connectivity index (χ3v) is 6.07. The minimum atomic E-state index is -1.55. The van der Waals surface area contributed by atoms with Gasteiger partial charge >= 0.3 is 5.97 Å². The van der Waals surface area contributed by atoms with Gasteiger partial charge in [-0.25, -0.2) is 14.8 Å². The summed E-state index contributed by atoms with van der Waals surface area (Å²) < 4.78 is 0. The van der Waals surface area contributed by atoms with E-state index in [1.54, 1.807) is 30.3 Å². The number of benzene rings is 2. The van der Waals surface area contributed by atoms with Crippen LogP contribution in [0.1, 0.15) is 22.8 Å². The lowest BCUT2D eigenvalue weighted by Gasteiger charge is -2.26. The van der Waals surface area contributed by atoms with Crippen LogP contribution in [0.3, 0.4) is 0 Å². The Morgan fingerprint density at radius 2 is 1.79 bits per heavy atom. The first kappa shape index (κ1) is 23.5. The van der Waals surface area contributed by atoms with Gasteiger partial charge in [0.2, 0.25) is 0 Å². The number of halogens is 2. The van der Waals surface area contributed by atoms with Crippen molar-refractivity contribution >= 4 is 51.8 Å². The summed E-state index contributed by atoms with van der Waals surface area (Å²) in [5.74, 6) is -1.45. The summed E-state index contributed by atoms with van der Waals surface area (Å²) in [7, 11) is 0. The zero-order chi connectivity index (χ0) is 24.5. The highest BCUT2D eigenvalue weighted by Crippen LogP contribution is 2.34. The fourth-order valence-electron chi connectivity index (χ4n) is 3.61. The molecule has 0 fully saturated rings. The van der Waals surface area contributed by atoms with E-state index >= 15 is 0 Å².